The molecule has 3 rings (SSSR count). The minimum atomic E-state index is -4.49. The van der Waals surface area contributed by atoms with Gasteiger partial charge in [-0.05, 0) is 19.9 Å². The van der Waals surface area contributed by atoms with Gasteiger partial charge >= 0.3 is 6.18 Å². The van der Waals surface area contributed by atoms with E-state index in [4.69, 9.17) is 0 Å². The van der Waals surface area contributed by atoms with E-state index in [1.807, 2.05) is 44.2 Å². The van der Waals surface area contributed by atoms with Gasteiger partial charge in [0.1, 0.15) is 23.2 Å². The number of halogens is 4. The van der Waals surface area contributed by atoms with Crippen molar-refractivity contribution >= 4 is 30.0 Å². The molecule has 0 saturated carbocycles. The number of anilines is 1. The van der Waals surface area contributed by atoms with Gasteiger partial charge < -0.3 is 9.47 Å². The number of hydrogen-bond acceptors (Lipinski definition) is 7. The molecule has 180 valence electrons. The van der Waals surface area contributed by atoms with E-state index < -0.39 is 17.3 Å². The third-order valence-electron chi connectivity index (χ3n) is 5.27. The maximum atomic E-state index is 13.4. The van der Waals surface area contributed by atoms with E-state index in [0.717, 1.165) is 48.9 Å². The molecule has 1 aliphatic rings. The Morgan fingerprint density at radius 1 is 1.03 bits per heavy atom. The molecule has 2 aromatic rings. The van der Waals surface area contributed by atoms with E-state index in [0.29, 0.717) is 18.9 Å². The molecule has 1 saturated heterocycles. The second kappa shape index (κ2) is 10.6. The Kier molecular flexibility index (Phi) is 8.80. The van der Waals surface area contributed by atoms with Crippen LogP contribution in [-0.2, 0) is 18.6 Å². The number of hydrogen-bond donors (Lipinski definition) is 0. The number of aryl methyl sites for hydroxylation is 1. The Balaban J connectivity index is 0.00000363. The standard InChI is InChI=1S/C20H30F3N7S.ClH/c1-14-26-27-18(28(14)5)31-12-6-7-29-8-10-30(11-9-29)16-13-15(20(21,22)23)24-17(25-16)19(2,3)4;/h13H,6-12H2,1-5H3;1H. The van der Waals surface area contributed by atoms with E-state index in [9.17, 15) is 13.2 Å². The van der Waals surface area contributed by atoms with Crippen molar-refractivity contribution in [1.29, 1.82) is 0 Å². The first-order valence-electron chi connectivity index (χ1n) is 10.4. The summed E-state index contributed by atoms with van der Waals surface area (Å²) in [4.78, 5) is 12.5. The van der Waals surface area contributed by atoms with Crippen LogP contribution in [0.4, 0.5) is 19.0 Å². The summed E-state index contributed by atoms with van der Waals surface area (Å²) in [5.41, 5.74) is -1.43. The van der Waals surface area contributed by atoms with Gasteiger partial charge in [-0.2, -0.15) is 13.2 Å². The van der Waals surface area contributed by atoms with Crippen LogP contribution in [-0.4, -0.2) is 68.1 Å². The van der Waals surface area contributed by atoms with Gasteiger partial charge in [-0.3, -0.25) is 4.90 Å². The first kappa shape index (κ1) is 26.7. The molecule has 0 spiro atoms. The summed E-state index contributed by atoms with van der Waals surface area (Å²) in [7, 11) is 1.96. The monoisotopic (exact) mass is 493 g/mol. The zero-order valence-electron chi connectivity index (χ0n) is 19.1. The van der Waals surface area contributed by atoms with E-state index in [-0.39, 0.29) is 18.2 Å². The van der Waals surface area contributed by atoms with Crippen LogP contribution in [0.3, 0.4) is 0 Å². The van der Waals surface area contributed by atoms with Crippen LogP contribution >= 0.6 is 24.2 Å². The average molecular weight is 494 g/mol. The van der Waals surface area contributed by atoms with Crippen LogP contribution in [0.2, 0.25) is 0 Å². The van der Waals surface area contributed by atoms with Gasteiger partial charge in [0, 0.05) is 50.5 Å². The third-order valence-corrected chi connectivity index (χ3v) is 6.38. The molecular weight excluding hydrogens is 463 g/mol. The smallest absolute Gasteiger partial charge is 0.354 e. The lowest BCUT2D eigenvalue weighted by molar-refractivity contribution is -0.141. The number of thioether (sulfide) groups is 1. The van der Waals surface area contributed by atoms with Crippen LogP contribution in [0.5, 0.6) is 0 Å². The number of rotatable bonds is 6. The van der Waals surface area contributed by atoms with Crippen LogP contribution in [0.25, 0.3) is 0 Å². The highest BCUT2D eigenvalue weighted by Crippen LogP contribution is 2.32. The fourth-order valence-electron chi connectivity index (χ4n) is 3.24. The molecule has 2 aromatic heterocycles. The van der Waals surface area contributed by atoms with Crippen molar-refractivity contribution in [2.24, 2.45) is 7.05 Å². The number of aromatic nitrogens is 5. The summed E-state index contributed by atoms with van der Waals surface area (Å²) < 4.78 is 42.1. The highest BCUT2D eigenvalue weighted by Gasteiger charge is 2.35. The van der Waals surface area contributed by atoms with E-state index in [2.05, 4.69) is 25.1 Å². The van der Waals surface area contributed by atoms with Gasteiger partial charge in [0.15, 0.2) is 5.16 Å². The van der Waals surface area contributed by atoms with Gasteiger partial charge in [-0.15, -0.1) is 22.6 Å². The molecule has 3 heterocycles. The fraction of sp³-hybridized carbons (Fsp3) is 0.700. The zero-order chi connectivity index (χ0) is 22.8. The Bertz CT molecular complexity index is 858. The van der Waals surface area contributed by atoms with Gasteiger partial charge in [0.2, 0.25) is 0 Å². The van der Waals surface area contributed by atoms with Gasteiger partial charge in [0.25, 0.3) is 0 Å². The van der Waals surface area contributed by atoms with Crippen LogP contribution in [0.1, 0.15) is 44.5 Å². The lowest BCUT2D eigenvalue weighted by atomic mass is 9.95. The van der Waals surface area contributed by atoms with Crippen LogP contribution < -0.4 is 4.90 Å². The molecule has 0 atom stereocenters. The molecule has 7 nitrogen and oxygen atoms in total. The molecule has 12 heteroatoms. The molecule has 32 heavy (non-hydrogen) atoms. The van der Waals surface area contributed by atoms with Crippen molar-refractivity contribution in [3.05, 3.63) is 23.4 Å². The van der Waals surface area contributed by atoms with E-state index in [1.54, 1.807) is 11.8 Å². The second-order valence-electron chi connectivity index (χ2n) is 8.80. The molecule has 0 unspecified atom stereocenters. The second-order valence-corrected chi connectivity index (χ2v) is 9.86. The van der Waals surface area contributed by atoms with Gasteiger partial charge in [-0.25, -0.2) is 9.97 Å². The topological polar surface area (TPSA) is 63.0 Å². The predicted molar refractivity (Wildman–Crippen MR) is 123 cm³/mol. The Labute approximate surface area is 197 Å². The molecular formula is C20H31ClF3N7S. The van der Waals surface area contributed by atoms with E-state index >= 15 is 0 Å². The van der Waals surface area contributed by atoms with Gasteiger partial charge in [-0.1, -0.05) is 32.5 Å². The molecule has 0 radical (unpaired) electrons. The maximum Gasteiger partial charge on any atom is 0.433 e. The van der Waals surface area contributed by atoms with E-state index in [1.165, 1.54) is 0 Å². The van der Waals surface area contributed by atoms with Crippen molar-refractivity contribution in [2.45, 2.75) is 50.9 Å². The predicted octanol–water partition coefficient (Wildman–Crippen LogP) is 3.96. The largest absolute Gasteiger partial charge is 0.433 e. The van der Waals surface area contributed by atoms with Crippen molar-refractivity contribution in [3.8, 4) is 0 Å². The third kappa shape index (κ3) is 6.71. The number of piperazine rings is 1. The van der Waals surface area contributed by atoms with Gasteiger partial charge in [0.05, 0.1) is 0 Å². The minimum absolute atomic E-state index is 0. The summed E-state index contributed by atoms with van der Waals surface area (Å²) in [6.45, 7) is 11.2. The highest BCUT2D eigenvalue weighted by molar-refractivity contribution is 7.99. The molecule has 0 N–H and O–H groups in total. The summed E-state index contributed by atoms with van der Waals surface area (Å²) >= 11 is 1.69. The Morgan fingerprint density at radius 3 is 2.22 bits per heavy atom. The normalized spacial score (nSPS) is 15.7. The molecule has 0 aliphatic carbocycles. The number of nitrogens with zero attached hydrogens (tertiary/aromatic N) is 7. The highest BCUT2D eigenvalue weighted by atomic mass is 35.5. The molecule has 0 bridgehead atoms. The number of alkyl halides is 3. The zero-order valence-corrected chi connectivity index (χ0v) is 20.7. The summed E-state index contributed by atoms with van der Waals surface area (Å²) in [5, 5.41) is 9.13. The minimum Gasteiger partial charge on any atom is -0.354 e. The van der Waals surface area contributed by atoms with Crippen molar-refractivity contribution in [2.75, 3.05) is 43.4 Å². The SMILES string of the molecule is Cc1nnc(SCCCN2CCN(c3cc(C(F)(F)F)nc(C(C)(C)C)n3)CC2)n1C.Cl. The molecule has 0 aromatic carbocycles. The summed E-state index contributed by atoms with van der Waals surface area (Å²) in [6, 6.07) is 1.07. The molecule has 1 fully saturated rings. The van der Waals surface area contributed by atoms with Crippen LogP contribution in [0.15, 0.2) is 11.2 Å². The maximum absolute atomic E-state index is 13.4. The average Bonchev–Trinajstić information content (AvgIpc) is 3.02. The van der Waals surface area contributed by atoms with Crippen LogP contribution in [0, 0.1) is 6.92 Å². The van der Waals surface area contributed by atoms with Crippen molar-refractivity contribution in [3.63, 3.8) is 0 Å². The first-order chi connectivity index (χ1) is 14.4. The lowest BCUT2D eigenvalue weighted by Gasteiger charge is -2.36. The lowest BCUT2D eigenvalue weighted by Crippen LogP contribution is -2.47. The summed E-state index contributed by atoms with van der Waals surface area (Å²) in [5.74, 6) is 2.42. The first-order valence-corrected chi connectivity index (χ1v) is 11.4. The van der Waals surface area contributed by atoms with Crippen molar-refractivity contribution in [1.82, 2.24) is 29.6 Å². The molecule has 0 amide bonds. The quantitative estimate of drug-likeness (QED) is 0.446. The Hall–Kier alpha value is -1.59. The Morgan fingerprint density at radius 2 is 1.69 bits per heavy atom. The summed E-state index contributed by atoms with van der Waals surface area (Å²) in [6.07, 6.45) is -3.48. The fourth-order valence-corrected chi connectivity index (χ4v) is 4.12. The van der Waals surface area contributed by atoms with Crippen molar-refractivity contribution < 1.29 is 13.2 Å². The molecule has 1 aliphatic heterocycles.